The molecule has 1 fully saturated rings. The van der Waals surface area contributed by atoms with E-state index in [2.05, 4.69) is 10.3 Å². The number of nitrogens with zero attached hydrogens (tertiary/aromatic N) is 2. The van der Waals surface area contributed by atoms with Crippen molar-refractivity contribution in [1.29, 1.82) is 0 Å². The molecule has 0 bridgehead atoms. The van der Waals surface area contributed by atoms with Crippen LogP contribution in [0.5, 0.6) is 5.75 Å². The highest BCUT2D eigenvalue weighted by molar-refractivity contribution is 8.15. The van der Waals surface area contributed by atoms with Gasteiger partial charge in [0.05, 0.1) is 18.5 Å². The third kappa shape index (κ3) is 4.17. The summed E-state index contributed by atoms with van der Waals surface area (Å²) in [5.74, 6) is -0.857. The summed E-state index contributed by atoms with van der Waals surface area (Å²) in [6.45, 7) is 2.37. The van der Waals surface area contributed by atoms with Crippen molar-refractivity contribution in [3.63, 3.8) is 0 Å². The van der Waals surface area contributed by atoms with Gasteiger partial charge >= 0.3 is 0 Å². The number of halogens is 1. The molecule has 0 radical (unpaired) electrons. The molecule has 0 unspecified atom stereocenters. The molecule has 0 saturated carbocycles. The molecule has 1 saturated heterocycles. The number of thioether (sulfide) groups is 1. The maximum Gasteiger partial charge on any atom is 0.247 e. The average molecular weight is 401 g/mol. The molecule has 1 aliphatic heterocycles. The number of anilines is 2. The molecule has 2 aromatic rings. The molecule has 3 rings (SSSR count). The summed E-state index contributed by atoms with van der Waals surface area (Å²) < 4.78 is 19.4. The number of para-hydroxylation sites is 3. The third-order valence-electron chi connectivity index (χ3n) is 4.10. The number of amidine groups is 1. The highest BCUT2D eigenvalue weighted by Gasteiger charge is 2.41. The number of carbonyl (C=O) groups excluding carboxylic acids is 2. The van der Waals surface area contributed by atoms with Crippen molar-refractivity contribution in [2.24, 2.45) is 4.99 Å². The minimum absolute atomic E-state index is 0.0197. The average Bonchev–Trinajstić information content (AvgIpc) is 2.96. The number of imide groups is 1. The van der Waals surface area contributed by atoms with Crippen LogP contribution in [-0.4, -0.2) is 35.9 Å². The Morgan fingerprint density at radius 1 is 1.25 bits per heavy atom. The third-order valence-corrected chi connectivity index (χ3v) is 5.21. The number of aliphatic imine (C=N–C) groups is 1. The molecule has 28 heavy (non-hydrogen) atoms. The second-order valence-electron chi connectivity index (χ2n) is 5.93. The first-order valence-electron chi connectivity index (χ1n) is 8.77. The van der Waals surface area contributed by atoms with Gasteiger partial charge in [0.15, 0.2) is 5.17 Å². The Labute approximate surface area is 166 Å². The summed E-state index contributed by atoms with van der Waals surface area (Å²) in [5.41, 5.74) is 0.680. The monoisotopic (exact) mass is 401 g/mol. The molecule has 0 aliphatic carbocycles. The zero-order valence-corrected chi connectivity index (χ0v) is 16.3. The van der Waals surface area contributed by atoms with Gasteiger partial charge in [0.25, 0.3) is 0 Å². The second kappa shape index (κ2) is 8.88. The van der Waals surface area contributed by atoms with E-state index < -0.39 is 22.9 Å². The van der Waals surface area contributed by atoms with E-state index in [4.69, 9.17) is 4.74 Å². The summed E-state index contributed by atoms with van der Waals surface area (Å²) in [5, 5.41) is 2.97. The number of methoxy groups -OCH3 is 1. The van der Waals surface area contributed by atoms with Gasteiger partial charge in [-0.2, -0.15) is 0 Å². The van der Waals surface area contributed by atoms with Crippen LogP contribution in [0.4, 0.5) is 15.8 Å². The first kappa shape index (κ1) is 19.9. The molecule has 1 atom stereocenters. The molecule has 146 valence electrons. The molecule has 0 spiro atoms. The van der Waals surface area contributed by atoms with Crippen molar-refractivity contribution < 1.29 is 18.7 Å². The van der Waals surface area contributed by atoms with Crippen LogP contribution >= 0.6 is 11.8 Å². The van der Waals surface area contributed by atoms with Gasteiger partial charge in [0.1, 0.15) is 16.8 Å². The predicted octanol–water partition coefficient (Wildman–Crippen LogP) is 3.69. The Morgan fingerprint density at radius 3 is 2.68 bits per heavy atom. The van der Waals surface area contributed by atoms with Crippen LogP contribution < -0.4 is 15.0 Å². The van der Waals surface area contributed by atoms with E-state index in [1.54, 1.807) is 19.2 Å². The molecule has 0 aromatic heterocycles. The summed E-state index contributed by atoms with van der Waals surface area (Å²) in [6.07, 6.45) is -0.0197. The van der Waals surface area contributed by atoms with E-state index in [9.17, 15) is 14.0 Å². The maximum atomic E-state index is 14.1. The fraction of sp³-hybridized carbons (Fsp3) is 0.250. The molecule has 6 nitrogen and oxygen atoms in total. The Hall–Kier alpha value is -2.87. The van der Waals surface area contributed by atoms with Crippen molar-refractivity contribution in [2.75, 3.05) is 23.9 Å². The standard InChI is InChI=1S/C20H20FN3O3S/c1-3-22-20(23-14-9-5-7-11-16(14)27-2)28-17-12-18(25)24(19(17)26)15-10-6-4-8-13(15)21/h4-11,17H,3,12H2,1-2H3,(H,22,23)/t17-/m0/s1. The molecular formula is C20H20FN3O3S. The smallest absolute Gasteiger partial charge is 0.247 e. The topological polar surface area (TPSA) is 71.0 Å². The molecular weight excluding hydrogens is 381 g/mol. The van der Waals surface area contributed by atoms with Gasteiger partial charge in [0.2, 0.25) is 11.8 Å². The number of nitrogens with one attached hydrogen (secondary N) is 1. The lowest BCUT2D eigenvalue weighted by molar-refractivity contribution is -0.121. The first-order valence-corrected chi connectivity index (χ1v) is 9.65. The SMILES string of the molecule is CCN=C(Nc1ccccc1OC)S[C@H]1CC(=O)N(c2ccccc2F)C1=O. The summed E-state index contributed by atoms with van der Waals surface area (Å²) in [7, 11) is 1.57. The van der Waals surface area contributed by atoms with E-state index in [-0.39, 0.29) is 12.1 Å². The number of ether oxygens (including phenoxy) is 1. The van der Waals surface area contributed by atoms with E-state index in [0.29, 0.717) is 23.1 Å². The van der Waals surface area contributed by atoms with Gasteiger partial charge in [-0.25, -0.2) is 9.29 Å². The van der Waals surface area contributed by atoms with E-state index in [0.717, 1.165) is 16.7 Å². The summed E-state index contributed by atoms with van der Waals surface area (Å²) >= 11 is 1.16. The second-order valence-corrected chi connectivity index (χ2v) is 7.13. The predicted molar refractivity (Wildman–Crippen MR) is 109 cm³/mol. The van der Waals surface area contributed by atoms with Crippen LogP contribution in [0.3, 0.4) is 0 Å². The summed E-state index contributed by atoms with van der Waals surface area (Å²) in [4.78, 5) is 30.5. The number of amides is 2. The Balaban J connectivity index is 1.79. The lowest BCUT2D eigenvalue weighted by Crippen LogP contribution is -2.32. The van der Waals surface area contributed by atoms with Crippen molar-refractivity contribution in [1.82, 2.24) is 0 Å². The highest BCUT2D eigenvalue weighted by Crippen LogP contribution is 2.33. The number of hydrogen-bond acceptors (Lipinski definition) is 5. The van der Waals surface area contributed by atoms with Gasteiger partial charge in [-0.1, -0.05) is 36.0 Å². The fourth-order valence-electron chi connectivity index (χ4n) is 2.83. The Kier molecular flexibility index (Phi) is 6.30. The van der Waals surface area contributed by atoms with Crippen LogP contribution in [0.25, 0.3) is 0 Å². The van der Waals surface area contributed by atoms with Gasteiger partial charge in [0, 0.05) is 13.0 Å². The maximum absolute atomic E-state index is 14.1. The first-order chi connectivity index (χ1) is 13.5. The molecule has 1 heterocycles. The van der Waals surface area contributed by atoms with Gasteiger partial charge in [-0.05, 0) is 31.2 Å². The zero-order valence-electron chi connectivity index (χ0n) is 15.5. The highest BCUT2D eigenvalue weighted by atomic mass is 32.2. The molecule has 1 aliphatic rings. The van der Waals surface area contributed by atoms with Crippen molar-refractivity contribution >= 4 is 40.1 Å². The molecule has 2 aromatic carbocycles. The molecule has 2 amide bonds. The van der Waals surface area contributed by atoms with Crippen molar-refractivity contribution in [3.05, 3.63) is 54.3 Å². The zero-order chi connectivity index (χ0) is 20.1. The number of carbonyl (C=O) groups is 2. The fourth-order valence-corrected chi connectivity index (χ4v) is 3.90. The Morgan fingerprint density at radius 2 is 1.96 bits per heavy atom. The number of rotatable bonds is 5. The van der Waals surface area contributed by atoms with Gasteiger partial charge in [-0.3, -0.25) is 14.6 Å². The Bertz CT molecular complexity index is 919. The van der Waals surface area contributed by atoms with E-state index >= 15 is 0 Å². The molecule has 8 heteroatoms. The minimum atomic E-state index is -0.681. The van der Waals surface area contributed by atoms with E-state index in [1.165, 1.54) is 18.2 Å². The quantitative estimate of drug-likeness (QED) is 0.470. The van der Waals surface area contributed by atoms with Crippen LogP contribution in [0.2, 0.25) is 0 Å². The van der Waals surface area contributed by atoms with Gasteiger partial charge < -0.3 is 10.1 Å². The molecule has 1 N–H and O–H groups in total. The van der Waals surface area contributed by atoms with Crippen LogP contribution in [0.15, 0.2) is 53.5 Å². The normalized spacial score (nSPS) is 17.2. The largest absolute Gasteiger partial charge is 0.495 e. The van der Waals surface area contributed by atoms with E-state index in [1.807, 2.05) is 25.1 Å². The van der Waals surface area contributed by atoms with Gasteiger partial charge in [-0.15, -0.1) is 0 Å². The van der Waals surface area contributed by atoms with Crippen LogP contribution in [-0.2, 0) is 9.59 Å². The van der Waals surface area contributed by atoms with Crippen molar-refractivity contribution in [3.8, 4) is 5.75 Å². The number of benzene rings is 2. The lowest BCUT2D eigenvalue weighted by Gasteiger charge is -2.17. The van der Waals surface area contributed by atoms with Crippen molar-refractivity contribution in [2.45, 2.75) is 18.6 Å². The lowest BCUT2D eigenvalue weighted by atomic mass is 10.3. The minimum Gasteiger partial charge on any atom is -0.495 e. The van der Waals surface area contributed by atoms with Crippen LogP contribution in [0, 0.1) is 5.82 Å². The number of hydrogen-bond donors (Lipinski definition) is 1. The van der Waals surface area contributed by atoms with Crippen LogP contribution in [0.1, 0.15) is 13.3 Å². The summed E-state index contributed by atoms with van der Waals surface area (Å²) in [6, 6.07) is 13.1.